The fourth-order valence-corrected chi connectivity index (χ4v) is 3.06. The van der Waals surface area contributed by atoms with Crippen LogP contribution in [0.1, 0.15) is 12.5 Å². The number of pyridine rings is 1. The van der Waals surface area contributed by atoms with Gasteiger partial charge in [-0.3, -0.25) is 9.82 Å². The zero-order chi connectivity index (χ0) is 20.1. The molecule has 0 aliphatic heterocycles. The lowest BCUT2D eigenvalue weighted by Crippen LogP contribution is -2.14. The van der Waals surface area contributed by atoms with Crippen LogP contribution in [0.3, 0.4) is 0 Å². The van der Waals surface area contributed by atoms with Crippen LogP contribution >= 0.6 is 0 Å². The summed E-state index contributed by atoms with van der Waals surface area (Å²) < 4.78 is 30.8. The average Bonchev–Trinajstić information content (AvgIpc) is 3.11. The third-order valence-corrected chi connectivity index (χ3v) is 5.22. The van der Waals surface area contributed by atoms with Gasteiger partial charge in [0.1, 0.15) is 11.6 Å². The molecule has 0 aliphatic carbocycles. The molecule has 3 N–H and O–H groups in total. The van der Waals surface area contributed by atoms with Gasteiger partial charge >= 0.3 is 0 Å². The van der Waals surface area contributed by atoms with E-state index in [1.54, 1.807) is 49.5 Å². The molecule has 0 aliphatic rings. The number of aromatic nitrogens is 3. The summed E-state index contributed by atoms with van der Waals surface area (Å²) in [6.07, 6.45) is 1.57. The first-order valence-corrected chi connectivity index (χ1v) is 9.97. The van der Waals surface area contributed by atoms with Crippen molar-refractivity contribution in [3.8, 4) is 23.2 Å². The van der Waals surface area contributed by atoms with E-state index in [9.17, 15) is 13.7 Å². The molecule has 0 unspecified atom stereocenters. The fourth-order valence-electron chi connectivity index (χ4n) is 2.42. The molecule has 0 atom stereocenters. The molecule has 0 saturated carbocycles. The second-order valence-electron chi connectivity index (χ2n) is 5.73. The van der Waals surface area contributed by atoms with Gasteiger partial charge in [-0.05, 0) is 25.1 Å². The highest BCUT2D eigenvalue weighted by atomic mass is 32.2. The van der Waals surface area contributed by atoms with E-state index in [4.69, 9.17) is 4.74 Å². The molecule has 0 bridgehead atoms. The molecule has 0 fully saturated rings. The molecule has 0 radical (unpaired) electrons. The number of methoxy groups -OCH3 is 1. The summed E-state index contributed by atoms with van der Waals surface area (Å²) >= 11 is 0. The number of anilines is 3. The van der Waals surface area contributed by atoms with Crippen LogP contribution < -0.4 is 14.8 Å². The number of H-pyrrole nitrogens is 1. The highest BCUT2D eigenvalue weighted by molar-refractivity contribution is 7.92. The van der Waals surface area contributed by atoms with E-state index in [1.807, 2.05) is 0 Å². The van der Waals surface area contributed by atoms with Crippen molar-refractivity contribution in [1.82, 2.24) is 15.2 Å². The summed E-state index contributed by atoms with van der Waals surface area (Å²) in [5.74, 6) is 0.830. The molecule has 3 rings (SSSR count). The molecule has 1 aromatic carbocycles. The van der Waals surface area contributed by atoms with Crippen molar-refractivity contribution in [3.63, 3.8) is 0 Å². The Balaban J connectivity index is 1.84. The van der Waals surface area contributed by atoms with E-state index in [2.05, 4.69) is 31.3 Å². The quantitative estimate of drug-likeness (QED) is 0.557. The molecule has 0 spiro atoms. The first kappa shape index (κ1) is 19.2. The molecule has 0 saturated heterocycles. The maximum atomic E-state index is 11.6. The number of hydrogen-bond acceptors (Lipinski definition) is 7. The van der Waals surface area contributed by atoms with Crippen LogP contribution in [0.25, 0.3) is 11.3 Å². The first-order valence-electron chi connectivity index (χ1n) is 8.32. The molecule has 144 valence electrons. The van der Waals surface area contributed by atoms with Crippen LogP contribution in [0.15, 0.2) is 42.6 Å². The smallest absolute Gasteiger partial charge is 0.232 e. The lowest BCUT2D eigenvalue weighted by atomic mass is 10.1. The Bertz CT molecular complexity index is 1100. The Kier molecular flexibility index (Phi) is 5.47. The normalized spacial score (nSPS) is 10.9. The maximum Gasteiger partial charge on any atom is 0.232 e. The van der Waals surface area contributed by atoms with Crippen LogP contribution in [0.5, 0.6) is 5.88 Å². The highest BCUT2D eigenvalue weighted by Gasteiger charge is 2.15. The number of benzene rings is 1. The standard InChI is InChI=1S/C18H18N6O3S/c1-3-28(25,26)24-13-6-4-12(5-7-13)17-15(10-19)18(23-22-17)21-14-8-9-16(27-2)20-11-14/h4-9,11,24H,3H2,1-2H3,(H2,21,22,23). The monoisotopic (exact) mass is 398 g/mol. The molecular formula is C18H18N6O3S. The van der Waals surface area contributed by atoms with Gasteiger partial charge in [0.05, 0.1) is 30.4 Å². The molecular weight excluding hydrogens is 380 g/mol. The Morgan fingerprint density at radius 2 is 1.89 bits per heavy atom. The molecule has 0 amide bonds. The van der Waals surface area contributed by atoms with Crippen molar-refractivity contribution >= 4 is 27.2 Å². The minimum Gasteiger partial charge on any atom is -0.481 e. The fraction of sp³-hybridized carbons (Fsp3) is 0.167. The van der Waals surface area contributed by atoms with Gasteiger partial charge in [0.25, 0.3) is 0 Å². The summed E-state index contributed by atoms with van der Waals surface area (Å²) in [7, 11) is -1.82. The van der Waals surface area contributed by atoms with Gasteiger partial charge in [-0.15, -0.1) is 0 Å². The van der Waals surface area contributed by atoms with Gasteiger partial charge in [-0.25, -0.2) is 13.4 Å². The molecule has 2 aromatic heterocycles. The van der Waals surface area contributed by atoms with Gasteiger partial charge < -0.3 is 10.1 Å². The van der Waals surface area contributed by atoms with Gasteiger partial charge in [0.2, 0.25) is 15.9 Å². The Morgan fingerprint density at radius 1 is 1.18 bits per heavy atom. The van der Waals surface area contributed by atoms with Crippen LogP contribution in [0.4, 0.5) is 17.2 Å². The summed E-state index contributed by atoms with van der Waals surface area (Å²) in [5.41, 5.74) is 2.66. The Hall–Kier alpha value is -3.58. The molecule has 2 heterocycles. The maximum absolute atomic E-state index is 11.6. The average molecular weight is 398 g/mol. The van der Waals surface area contributed by atoms with Crippen LogP contribution in [0, 0.1) is 11.3 Å². The summed E-state index contributed by atoms with van der Waals surface area (Å²) in [6, 6.07) is 12.3. The number of nitriles is 1. The summed E-state index contributed by atoms with van der Waals surface area (Å²) in [4.78, 5) is 4.10. The minimum atomic E-state index is -3.35. The van der Waals surface area contributed by atoms with Gasteiger partial charge in [0.15, 0.2) is 5.82 Å². The number of nitrogens with one attached hydrogen (secondary N) is 3. The predicted molar refractivity (Wildman–Crippen MR) is 106 cm³/mol. The lowest BCUT2D eigenvalue weighted by molar-refractivity contribution is 0.398. The zero-order valence-corrected chi connectivity index (χ0v) is 16.0. The van der Waals surface area contributed by atoms with Crippen molar-refractivity contribution in [2.75, 3.05) is 22.9 Å². The lowest BCUT2D eigenvalue weighted by Gasteiger charge is -2.07. The van der Waals surface area contributed by atoms with E-state index < -0.39 is 10.0 Å². The molecule has 9 nitrogen and oxygen atoms in total. The van der Waals surface area contributed by atoms with Gasteiger partial charge in [-0.1, -0.05) is 12.1 Å². The summed E-state index contributed by atoms with van der Waals surface area (Å²) in [5, 5.41) is 19.6. The Morgan fingerprint density at radius 3 is 2.46 bits per heavy atom. The van der Waals surface area contributed by atoms with Gasteiger partial charge in [0, 0.05) is 17.3 Å². The van der Waals surface area contributed by atoms with E-state index in [1.165, 1.54) is 7.11 Å². The van der Waals surface area contributed by atoms with Crippen molar-refractivity contribution < 1.29 is 13.2 Å². The number of ether oxygens (including phenoxy) is 1. The SMILES string of the molecule is CCS(=O)(=O)Nc1ccc(-c2[nH]nc(Nc3ccc(OC)nc3)c2C#N)cc1. The number of aromatic amines is 1. The number of rotatable bonds is 7. The number of nitrogens with zero attached hydrogens (tertiary/aromatic N) is 3. The summed E-state index contributed by atoms with van der Waals surface area (Å²) in [6.45, 7) is 1.56. The van der Waals surface area contributed by atoms with Crippen molar-refractivity contribution in [2.24, 2.45) is 0 Å². The third kappa shape index (κ3) is 4.21. The number of hydrogen-bond donors (Lipinski definition) is 3. The second kappa shape index (κ2) is 7.98. The van der Waals surface area contributed by atoms with E-state index >= 15 is 0 Å². The third-order valence-electron chi connectivity index (χ3n) is 3.91. The molecule has 10 heteroatoms. The second-order valence-corrected chi connectivity index (χ2v) is 7.74. The van der Waals surface area contributed by atoms with Gasteiger partial charge in [-0.2, -0.15) is 10.4 Å². The van der Waals surface area contributed by atoms with E-state index in [0.717, 1.165) is 0 Å². The molecule has 3 aromatic rings. The largest absolute Gasteiger partial charge is 0.481 e. The molecule has 28 heavy (non-hydrogen) atoms. The first-order chi connectivity index (χ1) is 13.5. The van der Waals surface area contributed by atoms with Crippen LogP contribution in [0.2, 0.25) is 0 Å². The highest BCUT2D eigenvalue weighted by Crippen LogP contribution is 2.29. The zero-order valence-electron chi connectivity index (χ0n) is 15.2. The Labute approximate surface area is 162 Å². The van der Waals surface area contributed by atoms with E-state index in [0.29, 0.717) is 39.9 Å². The predicted octanol–water partition coefficient (Wildman–Crippen LogP) is 2.86. The van der Waals surface area contributed by atoms with Crippen LogP contribution in [-0.4, -0.2) is 36.5 Å². The topological polar surface area (TPSA) is 133 Å². The van der Waals surface area contributed by atoms with Crippen LogP contribution in [-0.2, 0) is 10.0 Å². The van der Waals surface area contributed by atoms with Crippen molar-refractivity contribution in [2.45, 2.75) is 6.92 Å². The van der Waals surface area contributed by atoms with E-state index in [-0.39, 0.29) is 5.75 Å². The van der Waals surface area contributed by atoms with Crippen molar-refractivity contribution in [1.29, 1.82) is 5.26 Å². The minimum absolute atomic E-state index is 0.0108. The van der Waals surface area contributed by atoms with Crippen molar-refractivity contribution in [3.05, 3.63) is 48.2 Å². The number of sulfonamides is 1.